The van der Waals surface area contributed by atoms with Crippen LogP contribution in [0.3, 0.4) is 0 Å². The van der Waals surface area contributed by atoms with Crippen molar-refractivity contribution in [2.75, 3.05) is 32.2 Å². The molecule has 30 heavy (non-hydrogen) atoms. The Morgan fingerprint density at radius 2 is 1.83 bits per heavy atom. The Labute approximate surface area is 182 Å². The lowest BCUT2D eigenvalue weighted by molar-refractivity contribution is -0.118. The van der Waals surface area contributed by atoms with Gasteiger partial charge in [-0.2, -0.15) is 0 Å². The average molecular weight is 435 g/mol. The number of anilines is 1. The number of halogens is 1. The van der Waals surface area contributed by atoms with Gasteiger partial charge in [0.1, 0.15) is 0 Å². The van der Waals surface area contributed by atoms with Crippen LogP contribution in [-0.4, -0.2) is 38.7 Å². The largest absolute Gasteiger partial charge is 0.493 e. The summed E-state index contributed by atoms with van der Waals surface area (Å²) in [5.74, 6) is 0.305. The molecule has 1 amide bonds. The number of nitrogens with one attached hydrogen (secondary N) is 2. The van der Waals surface area contributed by atoms with E-state index in [4.69, 9.17) is 14.2 Å². The molecule has 0 aromatic heterocycles. The summed E-state index contributed by atoms with van der Waals surface area (Å²) in [6.07, 6.45) is 1.79. The minimum absolute atomic E-state index is 0. The summed E-state index contributed by atoms with van der Waals surface area (Å²) in [5, 5.41) is 5.93. The highest BCUT2D eigenvalue weighted by Crippen LogP contribution is 2.28. The summed E-state index contributed by atoms with van der Waals surface area (Å²) in [7, 11) is 1.55. The number of hydrogen-bond acceptors (Lipinski definition) is 6. The Morgan fingerprint density at radius 1 is 1.10 bits per heavy atom. The van der Waals surface area contributed by atoms with E-state index in [-0.39, 0.29) is 24.9 Å². The summed E-state index contributed by atoms with van der Waals surface area (Å²) in [6, 6.07) is 12.0. The predicted molar refractivity (Wildman–Crippen MR) is 119 cm³/mol. The molecule has 2 rings (SSSR count). The molecule has 0 unspecified atom stereocenters. The van der Waals surface area contributed by atoms with Crippen molar-refractivity contribution in [3.8, 4) is 11.5 Å². The number of carbonyl (C=O) groups is 2. The van der Waals surface area contributed by atoms with E-state index in [1.165, 1.54) is 0 Å². The second kappa shape index (κ2) is 13.2. The zero-order valence-electron chi connectivity index (χ0n) is 17.1. The van der Waals surface area contributed by atoms with Crippen LogP contribution in [0.5, 0.6) is 11.5 Å². The van der Waals surface area contributed by atoms with Crippen LogP contribution in [0, 0.1) is 0 Å². The lowest BCUT2D eigenvalue weighted by Crippen LogP contribution is -2.20. The molecule has 0 saturated heterocycles. The first-order valence-corrected chi connectivity index (χ1v) is 9.25. The number of rotatable bonds is 11. The third-order valence-electron chi connectivity index (χ3n) is 3.88. The van der Waals surface area contributed by atoms with E-state index in [1.807, 2.05) is 12.1 Å². The zero-order valence-corrected chi connectivity index (χ0v) is 17.9. The van der Waals surface area contributed by atoms with Crippen molar-refractivity contribution in [2.24, 2.45) is 0 Å². The molecule has 2 aromatic carbocycles. The van der Waals surface area contributed by atoms with Gasteiger partial charge in [0.05, 0.1) is 19.3 Å². The van der Waals surface area contributed by atoms with Crippen molar-refractivity contribution in [3.63, 3.8) is 0 Å². The van der Waals surface area contributed by atoms with Gasteiger partial charge < -0.3 is 24.8 Å². The molecule has 0 heterocycles. The quantitative estimate of drug-likeness (QED) is 0.319. The van der Waals surface area contributed by atoms with E-state index >= 15 is 0 Å². The highest BCUT2D eigenvalue weighted by molar-refractivity contribution is 5.93. The first kappa shape index (κ1) is 25.0. The van der Waals surface area contributed by atoms with Crippen LogP contribution in [0.25, 0.3) is 0 Å². The Bertz CT molecular complexity index is 840. The fourth-order valence-electron chi connectivity index (χ4n) is 2.50. The van der Waals surface area contributed by atoms with Crippen LogP contribution in [0.1, 0.15) is 22.8 Å². The molecule has 8 heteroatoms. The van der Waals surface area contributed by atoms with E-state index in [9.17, 15) is 9.59 Å². The van der Waals surface area contributed by atoms with E-state index in [0.29, 0.717) is 42.4 Å². The van der Waals surface area contributed by atoms with Gasteiger partial charge in [-0.3, -0.25) is 4.79 Å². The third kappa shape index (κ3) is 7.77. The van der Waals surface area contributed by atoms with Gasteiger partial charge in [-0.15, -0.1) is 19.0 Å². The highest BCUT2D eigenvalue weighted by atomic mass is 35.5. The minimum Gasteiger partial charge on any atom is -0.493 e. The van der Waals surface area contributed by atoms with E-state index in [1.54, 1.807) is 50.4 Å². The van der Waals surface area contributed by atoms with Crippen LogP contribution in [-0.2, 0) is 16.1 Å². The molecule has 0 spiro atoms. The van der Waals surface area contributed by atoms with Crippen molar-refractivity contribution < 1.29 is 23.8 Å². The average Bonchev–Trinajstić information content (AvgIpc) is 2.73. The molecule has 0 atom stereocenters. The Morgan fingerprint density at radius 3 is 2.47 bits per heavy atom. The molecule has 0 aliphatic heterocycles. The molecular formula is C22H27ClN2O5. The maximum absolute atomic E-state index is 12.2. The predicted octanol–water partition coefficient (Wildman–Crippen LogP) is 3.59. The summed E-state index contributed by atoms with van der Waals surface area (Å²) < 4.78 is 15.9. The van der Waals surface area contributed by atoms with Crippen LogP contribution in [0.4, 0.5) is 5.69 Å². The second-order valence-electron chi connectivity index (χ2n) is 6.04. The maximum Gasteiger partial charge on any atom is 0.338 e. The van der Waals surface area contributed by atoms with Crippen molar-refractivity contribution in [1.82, 2.24) is 5.32 Å². The lowest BCUT2D eigenvalue weighted by atomic mass is 10.2. The minimum atomic E-state index is -0.399. The highest BCUT2D eigenvalue weighted by Gasteiger charge is 2.10. The first-order valence-electron chi connectivity index (χ1n) is 9.25. The van der Waals surface area contributed by atoms with Gasteiger partial charge >= 0.3 is 5.97 Å². The fourth-order valence-corrected chi connectivity index (χ4v) is 2.50. The van der Waals surface area contributed by atoms with Gasteiger partial charge in [0.2, 0.25) is 0 Å². The van der Waals surface area contributed by atoms with Crippen LogP contribution < -0.4 is 20.1 Å². The summed E-state index contributed by atoms with van der Waals surface area (Å²) in [4.78, 5) is 23.8. The molecule has 7 nitrogen and oxygen atoms in total. The number of hydrogen-bond donors (Lipinski definition) is 2. The number of amides is 1. The van der Waals surface area contributed by atoms with Crippen LogP contribution in [0.15, 0.2) is 55.1 Å². The third-order valence-corrected chi connectivity index (χ3v) is 3.88. The Balaban J connectivity index is 0.00000450. The lowest BCUT2D eigenvalue weighted by Gasteiger charge is -2.13. The molecule has 0 saturated carbocycles. The van der Waals surface area contributed by atoms with Gasteiger partial charge in [0.25, 0.3) is 5.91 Å². The topological polar surface area (TPSA) is 85.9 Å². The van der Waals surface area contributed by atoms with Crippen molar-refractivity contribution in [1.29, 1.82) is 0 Å². The van der Waals surface area contributed by atoms with Gasteiger partial charge in [-0.25, -0.2) is 4.79 Å². The molecular weight excluding hydrogens is 408 g/mol. The SMILES string of the molecule is C=CCNCc1ccc(OCC(=O)Nc2ccc(C(=O)OCC)cc2)c(OC)c1.Cl. The normalized spacial score (nSPS) is 9.80. The second-order valence-corrected chi connectivity index (χ2v) is 6.04. The summed E-state index contributed by atoms with van der Waals surface area (Å²) in [5.41, 5.74) is 2.01. The van der Waals surface area contributed by atoms with Crippen molar-refractivity contribution in [2.45, 2.75) is 13.5 Å². The van der Waals surface area contributed by atoms with E-state index in [2.05, 4.69) is 17.2 Å². The molecule has 162 valence electrons. The van der Waals surface area contributed by atoms with E-state index < -0.39 is 5.97 Å². The van der Waals surface area contributed by atoms with E-state index in [0.717, 1.165) is 5.56 Å². The smallest absolute Gasteiger partial charge is 0.338 e. The number of carbonyl (C=O) groups excluding carboxylic acids is 2. The number of ether oxygens (including phenoxy) is 3. The van der Waals surface area contributed by atoms with Crippen molar-refractivity contribution in [3.05, 3.63) is 66.2 Å². The molecule has 2 aromatic rings. The first-order chi connectivity index (χ1) is 14.1. The van der Waals surface area contributed by atoms with Crippen LogP contribution in [0.2, 0.25) is 0 Å². The number of benzene rings is 2. The Kier molecular flexibility index (Phi) is 11.0. The summed E-state index contributed by atoms with van der Waals surface area (Å²) in [6.45, 7) is 6.92. The molecule has 0 aliphatic carbocycles. The molecule has 0 fully saturated rings. The van der Waals surface area contributed by atoms with Gasteiger partial charge in [0.15, 0.2) is 18.1 Å². The monoisotopic (exact) mass is 434 g/mol. The molecule has 2 N–H and O–H groups in total. The van der Waals surface area contributed by atoms with Gasteiger partial charge in [-0.05, 0) is 48.9 Å². The number of methoxy groups -OCH3 is 1. The summed E-state index contributed by atoms with van der Waals surface area (Å²) >= 11 is 0. The van der Waals surface area contributed by atoms with Crippen LogP contribution >= 0.6 is 12.4 Å². The van der Waals surface area contributed by atoms with Gasteiger partial charge in [0, 0.05) is 18.8 Å². The number of esters is 1. The van der Waals surface area contributed by atoms with Gasteiger partial charge in [-0.1, -0.05) is 12.1 Å². The molecule has 0 radical (unpaired) electrons. The zero-order chi connectivity index (χ0) is 21.1. The maximum atomic E-state index is 12.2. The molecule has 0 aliphatic rings. The molecule has 0 bridgehead atoms. The standard InChI is InChI=1S/C22H26N2O5.ClH/c1-4-12-23-14-16-6-11-19(20(13-16)27-3)29-15-21(25)24-18-9-7-17(8-10-18)22(26)28-5-2;/h4,6-11,13,23H,1,5,12,14-15H2,2-3H3,(H,24,25);1H. The fraction of sp³-hybridized carbons (Fsp3) is 0.273. The Hall–Kier alpha value is -3.03. The van der Waals surface area contributed by atoms with Crippen molar-refractivity contribution >= 4 is 30.0 Å².